The molecule has 0 aliphatic heterocycles. The van der Waals surface area contributed by atoms with Gasteiger partial charge in [0.1, 0.15) is 63.2 Å². The summed E-state index contributed by atoms with van der Waals surface area (Å²) in [6.07, 6.45) is 11.7. The first kappa shape index (κ1) is 84.4. The first-order valence-electron chi connectivity index (χ1n) is 37.6. The van der Waals surface area contributed by atoms with Gasteiger partial charge in [-0.15, -0.1) is 0 Å². The van der Waals surface area contributed by atoms with E-state index in [4.69, 9.17) is 35.3 Å². The van der Waals surface area contributed by atoms with Gasteiger partial charge in [0.2, 0.25) is 0 Å². The molecule has 0 atom stereocenters. The summed E-state index contributed by atoms with van der Waals surface area (Å²) >= 11 is 6.15. The van der Waals surface area contributed by atoms with Crippen molar-refractivity contribution in [3.8, 4) is 57.5 Å². The van der Waals surface area contributed by atoms with E-state index in [0.29, 0.717) is 119 Å². The number of ether oxygens (including phenoxy) is 5. The highest BCUT2D eigenvalue weighted by molar-refractivity contribution is 6.31. The number of anilines is 5. The first-order chi connectivity index (χ1) is 57.6. The summed E-state index contributed by atoms with van der Waals surface area (Å²) in [6, 6.07) is 87.6. The van der Waals surface area contributed by atoms with E-state index in [0.717, 1.165) is 45.0 Å². The van der Waals surface area contributed by atoms with E-state index in [9.17, 15) is 24.0 Å². The predicted molar refractivity (Wildman–Crippen MR) is 466 cm³/mol. The second-order valence-corrected chi connectivity index (χ2v) is 27.4. The molecule has 0 aliphatic rings. The van der Waals surface area contributed by atoms with Gasteiger partial charge in [-0.25, -0.2) is 4.98 Å². The van der Waals surface area contributed by atoms with Gasteiger partial charge in [-0.1, -0.05) is 113 Å². The van der Waals surface area contributed by atoms with Crippen LogP contribution in [0, 0.1) is 55.4 Å². The molecular formula is C97H84ClN11O10. The summed E-state index contributed by atoms with van der Waals surface area (Å²) in [5.74, 6) is 5.41. The largest absolute Gasteiger partial charge is 0.456 e. The number of pyridine rings is 6. The van der Waals surface area contributed by atoms with Gasteiger partial charge in [0, 0.05) is 122 Å². The molecule has 22 heteroatoms. The first-order valence-corrected chi connectivity index (χ1v) is 37.9. The summed E-state index contributed by atoms with van der Waals surface area (Å²) in [4.78, 5) is 86.3. The number of halogens is 1. The minimum atomic E-state index is -0.257. The molecule has 21 nitrogen and oxygen atoms in total. The van der Waals surface area contributed by atoms with Crippen LogP contribution in [0.5, 0.6) is 57.5 Å². The fourth-order valence-electron chi connectivity index (χ4n) is 11.2. The molecule has 0 bridgehead atoms. The van der Waals surface area contributed by atoms with Crippen molar-refractivity contribution in [2.24, 2.45) is 0 Å². The predicted octanol–water partition coefficient (Wildman–Crippen LogP) is 23.1. The number of amides is 5. The smallest absolute Gasteiger partial charge is 0.274 e. The third-order valence-corrected chi connectivity index (χ3v) is 17.1. The Morgan fingerprint density at radius 2 is 0.613 bits per heavy atom. The Morgan fingerprint density at radius 3 is 0.983 bits per heavy atom. The number of aromatic nitrogens is 6. The van der Waals surface area contributed by atoms with Gasteiger partial charge < -0.3 is 50.3 Å². The minimum Gasteiger partial charge on any atom is -0.456 e. The van der Waals surface area contributed by atoms with Crippen LogP contribution < -0.4 is 50.3 Å². The lowest BCUT2D eigenvalue weighted by atomic mass is 10.1. The summed E-state index contributed by atoms with van der Waals surface area (Å²) in [7, 11) is 0. The average molecular weight is 1600 g/mol. The number of carbonyl (C=O) groups excluding carboxylic acids is 5. The van der Waals surface area contributed by atoms with Crippen LogP contribution in [0.1, 0.15) is 96.9 Å². The van der Waals surface area contributed by atoms with Crippen LogP contribution in [0.15, 0.2) is 335 Å². The Balaban J connectivity index is 0.000000146. The van der Waals surface area contributed by atoms with Gasteiger partial charge in [0.25, 0.3) is 29.5 Å². The van der Waals surface area contributed by atoms with Crippen molar-refractivity contribution < 1.29 is 47.7 Å². The molecule has 119 heavy (non-hydrogen) atoms. The molecule has 0 unspecified atom stereocenters. The van der Waals surface area contributed by atoms with Gasteiger partial charge >= 0.3 is 0 Å². The van der Waals surface area contributed by atoms with Crippen LogP contribution in [0.2, 0.25) is 5.02 Å². The van der Waals surface area contributed by atoms with Crippen LogP contribution in [0.4, 0.5) is 28.4 Å². The summed E-state index contributed by atoms with van der Waals surface area (Å²) < 4.78 is 28.8. The Hall–Kier alpha value is -15.5. The molecule has 15 rings (SSSR count). The maximum atomic E-state index is 12.4. The van der Waals surface area contributed by atoms with Crippen molar-refractivity contribution >= 4 is 69.6 Å². The second kappa shape index (κ2) is 42.6. The van der Waals surface area contributed by atoms with Crippen molar-refractivity contribution in [2.75, 3.05) is 26.6 Å². The zero-order valence-electron chi connectivity index (χ0n) is 66.4. The zero-order valence-corrected chi connectivity index (χ0v) is 67.2. The molecule has 6 aromatic heterocycles. The van der Waals surface area contributed by atoms with Gasteiger partial charge in [-0.05, 0) is 237 Å². The Morgan fingerprint density at radius 1 is 0.269 bits per heavy atom. The maximum absolute atomic E-state index is 12.4. The fourth-order valence-corrected chi connectivity index (χ4v) is 11.4. The number of carbonyl (C=O) groups is 5. The quantitative estimate of drug-likeness (QED) is 0.0475. The number of hydrogen-bond acceptors (Lipinski definition) is 16. The fraction of sp³-hybridized carbons (Fsp3) is 0.0825. The second-order valence-electron chi connectivity index (χ2n) is 26.9. The molecule has 0 saturated heterocycles. The van der Waals surface area contributed by atoms with Crippen molar-refractivity contribution in [3.63, 3.8) is 0 Å². The third-order valence-electron chi connectivity index (χ3n) is 16.9. The molecule has 594 valence electrons. The van der Waals surface area contributed by atoms with Crippen LogP contribution in [0.3, 0.4) is 0 Å². The molecule has 0 spiro atoms. The Labute approximate surface area is 695 Å². The Kier molecular flexibility index (Phi) is 30.2. The zero-order chi connectivity index (χ0) is 83.8. The number of nitrogens with one attached hydrogen (secondary N) is 5. The number of hydrogen-bond donors (Lipinski definition) is 5. The van der Waals surface area contributed by atoms with E-state index in [1.807, 2.05) is 250 Å². The lowest BCUT2D eigenvalue weighted by Crippen LogP contribution is -2.13. The highest BCUT2D eigenvalue weighted by atomic mass is 35.5. The van der Waals surface area contributed by atoms with E-state index in [2.05, 4.69) is 56.5 Å². The number of aryl methyl sites for hydroxylation is 8. The monoisotopic (exact) mass is 1600 g/mol. The molecule has 0 saturated carbocycles. The molecular weight excluding hydrogens is 1510 g/mol. The molecule has 5 amide bonds. The molecule has 0 aliphatic carbocycles. The normalized spacial score (nSPS) is 10.2. The van der Waals surface area contributed by atoms with Gasteiger partial charge in [0.05, 0.1) is 30.5 Å². The topological polar surface area (TPSA) is 269 Å². The van der Waals surface area contributed by atoms with E-state index < -0.39 is 0 Å². The van der Waals surface area contributed by atoms with Gasteiger partial charge in [0.15, 0.2) is 0 Å². The SMILES string of the molecule is Cc1cccc(C(=O)Nc2cc(Cl)cc(Oc3ccc(C)nc3)c2)c1.Cc1cccc(C(=O)Nc2cccc(Oc3ccc(C)nc3)c2)c1.Cc1cccc(C(=O)Nc2cccc(Oc3cccnc3)c2)c1.Cc1cccc(C(=O)Nc2cccc(Oc3cccnc3)c2)n1.Cc1cccc(C(=O)Nc2cccc(Oc3cccnc3C)c2)c1. The average Bonchev–Trinajstić information content (AvgIpc) is 0.860. The van der Waals surface area contributed by atoms with Gasteiger partial charge in [-0.2, -0.15) is 0 Å². The van der Waals surface area contributed by atoms with Crippen molar-refractivity contribution in [2.45, 2.75) is 55.4 Å². The van der Waals surface area contributed by atoms with E-state index in [1.54, 1.807) is 140 Å². The molecule has 9 aromatic carbocycles. The summed E-state index contributed by atoms with van der Waals surface area (Å²) in [5.41, 5.74) is 13.7. The molecule has 5 N–H and O–H groups in total. The highest BCUT2D eigenvalue weighted by Gasteiger charge is 2.15. The van der Waals surface area contributed by atoms with Crippen LogP contribution in [-0.4, -0.2) is 59.4 Å². The number of nitrogens with zero attached hydrogens (tertiary/aromatic N) is 6. The van der Waals surface area contributed by atoms with Crippen LogP contribution >= 0.6 is 11.6 Å². The van der Waals surface area contributed by atoms with E-state index >= 15 is 0 Å². The molecule has 0 radical (unpaired) electrons. The maximum Gasteiger partial charge on any atom is 0.274 e. The number of benzene rings is 9. The summed E-state index contributed by atoms with van der Waals surface area (Å²) in [5, 5.41) is 14.8. The lowest BCUT2D eigenvalue weighted by molar-refractivity contribution is 0.101. The molecule has 6 heterocycles. The van der Waals surface area contributed by atoms with E-state index in [1.165, 1.54) is 0 Å². The van der Waals surface area contributed by atoms with Crippen molar-refractivity contribution in [1.29, 1.82) is 0 Å². The third kappa shape index (κ3) is 27.7. The lowest BCUT2D eigenvalue weighted by Gasteiger charge is -2.10. The van der Waals surface area contributed by atoms with Gasteiger partial charge in [-0.3, -0.25) is 48.9 Å². The van der Waals surface area contributed by atoms with E-state index in [-0.39, 0.29) is 29.5 Å². The van der Waals surface area contributed by atoms with Crippen LogP contribution in [-0.2, 0) is 0 Å². The van der Waals surface area contributed by atoms with Crippen molar-refractivity contribution in [1.82, 2.24) is 29.9 Å². The Bertz CT molecular complexity index is 5820. The summed E-state index contributed by atoms with van der Waals surface area (Å²) in [6.45, 7) is 15.4. The molecule has 15 aromatic rings. The van der Waals surface area contributed by atoms with Crippen LogP contribution in [0.25, 0.3) is 0 Å². The number of rotatable bonds is 20. The molecule has 0 fully saturated rings. The minimum absolute atomic E-state index is 0.145. The van der Waals surface area contributed by atoms with Crippen molar-refractivity contribution in [3.05, 3.63) is 413 Å². The highest BCUT2D eigenvalue weighted by Crippen LogP contribution is 2.32. The standard InChI is InChI=1S/C20H17ClN2O2.2C20H18N2O2.C19H16N2O2.C18H15N3O2/c1-13-4-3-5-15(8-13)20(24)23-17-9-16(21)10-19(11-17)25-18-7-6-14(2)22-12-18;1-14-6-3-7-16(12-14)20(23)22-17-8-4-9-18(13-17)24-19-10-5-11-21-15(19)2;1-14-5-3-6-16(11-14)20(23)22-17-7-4-8-18(12-17)24-19-10-9-15(2)21-13-19;1-14-5-2-6-15(11-14)19(22)21-16-7-3-8-17(12-16)23-18-9-4-10-20-13-18;1-13-5-2-9-17(20-13)18(22)21-14-6-3-7-15(11-14)23-16-8-4-10-19-12-16/h3-12H,1-2H3,(H,23,24);2*3-13H,1-2H3,(H,22,23);2-13H,1H3,(H,21,22);2-12H,1H3,(H,21,22).